The summed E-state index contributed by atoms with van der Waals surface area (Å²) in [6.07, 6.45) is 18.4. The summed E-state index contributed by atoms with van der Waals surface area (Å²) in [5, 5.41) is 13.1. The predicted octanol–water partition coefficient (Wildman–Crippen LogP) is 5.89. The Morgan fingerprint density at radius 1 is 0.828 bits per heavy atom. The molecule has 0 radical (unpaired) electrons. The number of carbonyl (C=O) groups excluding carboxylic acids is 1. The summed E-state index contributed by atoms with van der Waals surface area (Å²) < 4.78 is 0. The number of H-pyrrole nitrogens is 1. The molecule has 1 aromatic carbocycles. The fourth-order valence-corrected chi connectivity index (χ4v) is 3.93. The van der Waals surface area contributed by atoms with E-state index in [2.05, 4.69) is 28.5 Å². The van der Waals surface area contributed by atoms with Gasteiger partial charge in [0.1, 0.15) is 0 Å². The summed E-state index contributed by atoms with van der Waals surface area (Å²) in [6, 6.07) is 8.30. The Morgan fingerprint density at radius 2 is 1.41 bits per heavy atom. The Balaban J connectivity index is 1.38. The zero-order valence-electron chi connectivity index (χ0n) is 18.1. The fraction of sp³-hybridized carbons (Fsp3) is 0.640. The maximum absolute atomic E-state index is 12.0. The van der Waals surface area contributed by atoms with Crippen LogP contribution in [0.5, 0.6) is 0 Å². The number of aliphatic hydroxyl groups is 1. The molecular formula is C25H40N2O2. The van der Waals surface area contributed by atoms with Crippen LogP contribution in [-0.4, -0.2) is 29.1 Å². The van der Waals surface area contributed by atoms with E-state index in [0.717, 1.165) is 31.2 Å². The number of para-hydroxylation sites is 1. The second kappa shape index (κ2) is 15.1. The van der Waals surface area contributed by atoms with Gasteiger partial charge in [-0.15, -0.1) is 0 Å². The molecule has 3 N–H and O–H groups in total. The third-order valence-electron chi connectivity index (χ3n) is 5.70. The van der Waals surface area contributed by atoms with Crippen molar-refractivity contribution in [1.29, 1.82) is 0 Å². The highest BCUT2D eigenvalue weighted by Crippen LogP contribution is 2.17. The zero-order valence-corrected chi connectivity index (χ0v) is 18.1. The number of amides is 1. The third-order valence-corrected chi connectivity index (χ3v) is 5.70. The van der Waals surface area contributed by atoms with Crippen LogP contribution >= 0.6 is 0 Å². The molecule has 2 aromatic rings. The molecule has 29 heavy (non-hydrogen) atoms. The standard InChI is InChI=1S/C25H40N2O2/c28-20-14-10-8-6-4-2-1-3-5-7-9-11-17-25(29)26-19-18-22-21-27-24-16-13-12-15-23(22)24/h12-13,15-16,21,27-28H,1-11,14,17-20H2,(H,26,29). The number of fused-ring (bicyclic) bond motifs is 1. The molecule has 0 aliphatic heterocycles. The average Bonchev–Trinajstić information content (AvgIpc) is 3.15. The van der Waals surface area contributed by atoms with Gasteiger partial charge in [0.15, 0.2) is 0 Å². The Labute approximate surface area is 176 Å². The number of nitrogens with one attached hydrogen (secondary N) is 2. The Morgan fingerprint density at radius 3 is 2.07 bits per heavy atom. The van der Waals surface area contributed by atoms with Crippen molar-refractivity contribution < 1.29 is 9.90 Å². The number of aromatic amines is 1. The van der Waals surface area contributed by atoms with Gasteiger partial charge in [-0.25, -0.2) is 0 Å². The zero-order chi connectivity index (χ0) is 20.6. The molecule has 4 nitrogen and oxygen atoms in total. The van der Waals surface area contributed by atoms with Gasteiger partial charge in [-0.1, -0.05) is 82.4 Å². The molecule has 0 aliphatic carbocycles. The van der Waals surface area contributed by atoms with Gasteiger partial charge in [0.2, 0.25) is 5.91 Å². The van der Waals surface area contributed by atoms with Gasteiger partial charge >= 0.3 is 0 Å². The number of benzene rings is 1. The van der Waals surface area contributed by atoms with Crippen LogP contribution in [-0.2, 0) is 11.2 Å². The van der Waals surface area contributed by atoms with E-state index in [1.54, 1.807) is 0 Å². The quantitative estimate of drug-likeness (QED) is 0.290. The first kappa shape index (κ1) is 23.5. The summed E-state index contributed by atoms with van der Waals surface area (Å²) in [7, 11) is 0. The summed E-state index contributed by atoms with van der Waals surface area (Å²) in [4.78, 5) is 15.3. The van der Waals surface area contributed by atoms with Crippen LogP contribution in [0.4, 0.5) is 0 Å². The van der Waals surface area contributed by atoms with Gasteiger partial charge in [0.25, 0.3) is 0 Å². The number of unbranched alkanes of at least 4 members (excludes halogenated alkanes) is 11. The van der Waals surface area contributed by atoms with Crippen molar-refractivity contribution >= 4 is 16.8 Å². The molecule has 1 amide bonds. The lowest BCUT2D eigenvalue weighted by atomic mass is 10.0. The minimum atomic E-state index is 0.186. The molecule has 0 saturated heterocycles. The lowest BCUT2D eigenvalue weighted by molar-refractivity contribution is -0.121. The number of rotatable bonds is 17. The SMILES string of the molecule is O=C(CCCCCCCCCCCCCCO)NCCc1c[nH]c2ccccc12. The molecule has 4 heteroatoms. The highest BCUT2D eigenvalue weighted by atomic mass is 16.2. The van der Waals surface area contributed by atoms with Crippen LogP contribution in [0, 0.1) is 0 Å². The largest absolute Gasteiger partial charge is 0.396 e. The fourth-order valence-electron chi connectivity index (χ4n) is 3.93. The van der Waals surface area contributed by atoms with E-state index in [1.807, 2.05) is 12.3 Å². The predicted molar refractivity (Wildman–Crippen MR) is 122 cm³/mol. The maximum Gasteiger partial charge on any atom is 0.220 e. The maximum atomic E-state index is 12.0. The van der Waals surface area contributed by atoms with Crippen LogP contribution in [0.25, 0.3) is 10.9 Å². The van der Waals surface area contributed by atoms with E-state index < -0.39 is 0 Å². The average molecular weight is 401 g/mol. The molecule has 162 valence electrons. The van der Waals surface area contributed by atoms with Crippen molar-refractivity contribution in [2.24, 2.45) is 0 Å². The second-order valence-electron chi connectivity index (χ2n) is 8.18. The van der Waals surface area contributed by atoms with Gasteiger partial charge in [-0.05, 0) is 30.9 Å². The Bertz CT molecular complexity index is 680. The monoisotopic (exact) mass is 400 g/mol. The first-order chi connectivity index (χ1) is 14.3. The first-order valence-corrected chi connectivity index (χ1v) is 11.7. The van der Waals surface area contributed by atoms with E-state index in [-0.39, 0.29) is 5.91 Å². The Hall–Kier alpha value is -1.81. The second-order valence-corrected chi connectivity index (χ2v) is 8.18. The molecule has 0 spiro atoms. The van der Waals surface area contributed by atoms with Crippen LogP contribution in [0.15, 0.2) is 30.5 Å². The lowest BCUT2D eigenvalue weighted by Crippen LogP contribution is -2.25. The van der Waals surface area contributed by atoms with E-state index in [0.29, 0.717) is 19.6 Å². The normalized spacial score (nSPS) is 11.2. The van der Waals surface area contributed by atoms with E-state index >= 15 is 0 Å². The molecule has 2 rings (SSSR count). The molecule has 1 heterocycles. The van der Waals surface area contributed by atoms with E-state index in [4.69, 9.17) is 5.11 Å². The van der Waals surface area contributed by atoms with Gasteiger partial charge in [-0.3, -0.25) is 4.79 Å². The van der Waals surface area contributed by atoms with Crippen LogP contribution in [0.1, 0.15) is 89.0 Å². The molecular weight excluding hydrogens is 360 g/mol. The van der Waals surface area contributed by atoms with Gasteiger partial charge in [-0.2, -0.15) is 0 Å². The van der Waals surface area contributed by atoms with Crippen molar-refractivity contribution in [3.63, 3.8) is 0 Å². The van der Waals surface area contributed by atoms with Crippen LogP contribution in [0.2, 0.25) is 0 Å². The molecule has 0 fully saturated rings. The molecule has 0 bridgehead atoms. The highest BCUT2D eigenvalue weighted by molar-refractivity contribution is 5.83. The third kappa shape index (κ3) is 9.98. The van der Waals surface area contributed by atoms with E-state index in [1.165, 1.54) is 68.7 Å². The summed E-state index contributed by atoms with van der Waals surface area (Å²) in [5.41, 5.74) is 2.43. The van der Waals surface area contributed by atoms with Crippen molar-refractivity contribution in [2.75, 3.05) is 13.2 Å². The first-order valence-electron chi connectivity index (χ1n) is 11.7. The number of carbonyl (C=O) groups is 1. The molecule has 1 aromatic heterocycles. The van der Waals surface area contributed by atoms with Crippen molar-refractivity contribution in [2.45, 2.75) is 89.9 Å². The number of aliphatic hydroxyl groups excluding tert-OH is 1. The number of hydrogen-bond donors (Lipinski definition) is 3. The minimum Gasteiger partial charge on any atom is -0.396 e. The molecule has 0 unspecified atom stereocenters. The van der Waals surface area contributed by atoms with E-state index in [9.17, 15) is 4.79 Å². The highest BCUT2D eigenvalue weighted by Gasteiger charge is 2.04. The topological polar surface area (TPSA) is 65.1 Å². The minimum absolute atomic E-state index is 0.186. The van der Waals surface area contributed by atoms with Gasteiger partial charge in [0.05, 0.1) is 0 Å². The van der Waals surface area contributed by atoms with Crippen molar-refractivity contribution in [1.82, 2.24) is 10.3 Å². The lowest BCUT2D eigenvalue weighted by Gasteiger charge is -2.05. The van der Waals surface area contributed by atoms with Crippen molar-refractivity contribution in [3.05, 3.63) is 36.0 Å². The van der Waals surface area contributed by atoms with Crippen LogP contribution < -0.4 is 5.32 Å². The van der Waals surface area contributed by atoms with Gasteiger partial charge < -0.3 is 15.4 Å². The number of aromatic nitrogens is 1. The number of hydrogen-bond acceptors (Lipinski definition) is 2. The summed E-state index contributed by atoms with van der Waals surface area (Å²) >= 11 is 0. The Kier molecular flexibility index (Phi) is 12.2. The molecule has 0 saturated carbocycles. The van der Waals surface area contributed by atoms with Gasteiger partial charge in [0, 0.05) is 36.7 Å². The smallest absolute Gasteiger partial charge is 0.220 e. The molecule has 0 aliphatic rings. The molecule has 0 atom stereocenters. The van der Waals surface area contributed by atoms with Crippen molar-refractivity contribution in [3.8, 4) is 0 Å². The summed E-state index contributed by atoms with van der Waals surface area (Å²) in [5.74, 6) is 0.186. The van der Waals surface area contributed by atoms with Crippen LogP contribution in [0.3, 0.4) is 0 Å². The summed E-state index contributed by atoms with van der Waals surface area (Å²) in [6.45, 7) is 1.05.